The largest absolute Gasteiger partial charge is 0.356 e. The number of rotatable bonds is 5. The molecular weight excluding hydrogens is 264 g/mol. The van der Waals surface area contributed by atoms with E-state index in [1.165, 1.54) is 0 Å². The predicted molar refractivity (Wildman–Crippen MR) is 85.5 cm³/mol. The molecule has 0 bridgehead atoms. The summed E-state index contributed by atoms with van der Waals surface area (Å²) in [6, 6.07) is 7.78. The molecular formula is C17H22N2O2. The molecule has 0 atom stereocenters. The third-order valence-corrected chi connectivity index (χ3v) is 3.44. The van der Waals surface area contributed by atoms with Crippen LogP contribution in [0.25, 0.3) is 10.9 Å². The highest BCUT2D eigenvalue weighted by molar-refractivity contribution is 5.80. The number of carbonyl (C=O) groups excluding carboxylic acids is 1. The van der Waals surface area contributed by atoms with E-state index in [-0.39, 0.29) is 11.5 Å². The second-order valence-corrected chi connectivity index (χ2v) is 5.90. The van der Waals surface area contributed by atoms with Crippen molar-refractivity contribution in [1.29, 1.82) is 0 Å². The van der Waals surface area contributed by atoms with E-state index in [1.807, 2.05) is 24.3 Å². The van der Waals surface area contributed by atoms with Crippen LogP contribution in [0.5, 0.6) is 0 Å². The number of hydrogen-bond acceptors (Lipinski definition) is 2. The van der Waals surface area contributed by atoms with Crippen LogP contribution >= 0.6 is 0 Å². The number of aryl methyl sites for hydroxylation is 2. The Morgan fingerprint density at radius 2 is 2.05 bits per heavy atom. The van der Waals surface area contributed by atoms with Gasteiger partial charge in [-0.1, -0.05) is 19.9 Å². The number of pyridine rings is 1. The minimum absolute atomic E-state index is 0.0525. The van der Waals surface area contributed by atoms with Gasteiger partial charge < -0.3 is 10.3 Å². The quantitative estimate of drug-likeness (QED) is 0.887. The molecule has 0 saturated carbocycles. The molecule has 0 unspecified atom stereocenters. The second-order valence-electron chi connectivity index (χ2n) is 5.90. The molecule has 1 aromatic heterocycles. The van der Waals surface area contributed by atoms with Gasteiger partial charge in [0, 0.05) is 24.0 Å². The van der Waals surface area contributed by atoms with Crippen LogP contribution in [0.15, 0.2) is 29.1 Å². The van der Waals surface area contributed by atoms with Crippen molar-refractivity contribution in [2.75, 3.05) is 6.54 Å². The summed E-state index contributed by atoms with van der Waals surface area (Å²) in [7, 11) is 0. The van der Waals surface area contributed by atoms with Gasteiger partial charge in [0.2, 0.25) is 5.91 Å². The Hall–Kier alpha value is -2.10. The summed E-state index contributed by atoms with van der Waals surface area (Å²) in [5.41, 5.74) is 2.59. The van der Waals surface area contributed by atoms with E-state index in [0.29, 0.717) is 24.3 Å². The van der Waals surface area contributed by atoms with Gasteiger partial charge in [-0.25, -0.2) is 0 Å². The molecule has 2 aromatic rings. The fraction of sp³-hybridized carbons (Fsp3) is 0.412. The van der Waals surface area contributed by atoms with Crippen molar-refractivity contribution in [2.45, 2.75) is 33.6 Å². The third-order valence-electron chi connectivity index (χ3n) is 3.44. The molecule has 0 fully saturated rings. The Bertz CT molecular complexity index is 701. The lowest BCUT2D eigenvalue weighted by molar-refractivity contribution is -0.121. The van der Waals surface area contributed by atoms with Crippen molar-refractivity contribution in [2.24, 2.45) is 5.92 Å². The van der Waals surface area contributed by atoms with E-state index >= 15 is 0 Å². The van der Waals surface area contributed by atoms with Crippen molar-refractivity contribution >= 4 is 16.8 Å². The first-order valence-electron chi connectivity index (χ1n) is 7.35. The number of nitrogens with one attached hydrogen (secondary N) is 2. The summed E-state index contributed by atoms with van der Waals surface area (Å²) in [6.45, 7) is 6.67. The van der Waals surface area contributed by atoms with Gasteiger partial charge in [0.15, 0.2) is 0 Å². The first-order chi connectivity index (χ1) is 9.95. The van der Waals surface area contributed by atoms with Gasteiger partial charge in [-0.2, -0.15) is 0 Å². The normalized spacial score (nSPS) is 11.0. The highest BCUT2D eigenvalue weighted by Gasteiger charge is 2.05. The topological polar surface area (TPSA) is 62.0 Å². The van der Waals surface area contributed by atoms with Gasteiger partial charge in [-0.3, -0.25) is 9.59 Å². The number of hydrogen-bond donors (Lipinski definition) is 2. The molecule has 1 heterocycles. The lowest BCUT2D eigenvalue weighted by Crippen LogP contribution is -2.27. The maximum absolute atomic E-state index is 11.7. The molecule has 4 nitrogen and oxygen atoms in total. The number of benzene rings is 1. The highest BCUT2D eigenvalue weighted by Crippen LogP contribution is 2.14. The van der Waals surface area contributed by atoms with Gasteiger partial charge >= 0.3 is 0 Å². The predicted octanol–water partition coefficient (Wildman–Crippen LogP) is 2.54. The minimum atomic E-state index is -0.0525. The zero-order chi connectivity index (χ0) is 15.4. The standard InChI is InChI=1S/C17H22N2O2/c1-11(2)10-18-16(20)7-5-13-4-6-15-14(9-13)8-12(3)17(21)19-15/h4,6,8-9,11H,5,7,10H2,1-3H3,(H,18,20)(H,19,21). The minimum Gasteiger partial charge on any atom is -0.356 e. The fourth-order valence-corrected chi connectivity index (χ4v) is 2.18. The first kappa shape index (κ1) is 15.3. The summed E-state index contributed by atoms with van der Waals surface area (Å²) >= 11 is 0. The van der Waals surface area contributed by atoms with Crippen LogP contribution in [0.2, 0.25) is 0 Å². The average molecular weight is 286 g/mol. The van der Waals surface area contributed by atoms with Crippen molar-refractivity contribution < 1.29 is 4.79 Å². The molecule has 0 radical (unpaired) electrons. The Morgan fingerprint density at radius 1 is 1.29 bits per heavy atom. The lowest BCUT2D eigenvalue weighted by atomic mass is 10.1. The molecule has 2 rings (SSSR count). The number of aromatic nitrogens is 1. The van der Waals surface area contributed by atoms with Gasteiger partial charge in [0.05, 0.1) is 0 Å². The fourth-order valence-electron chi connectivity index (χ4n) is 2.18. The zero-order valence-corrected chi connectivity index (χ0v) is 12.8. The van der Waals surface area contributed by atoms with Crippen LogP contribution in [0.3, 0.4) is 0 Å². The molecule has 1 aromatic carbocycles. The smallest absolute Gasteiger partial charge is 0.251 e. The van der Waals surface area contributed by atoms with Gasteiger partial charge in [-0.05, 0) is 48.4 Å². The molecule has 21 heavy (non-hydrogen) atoms. The van der Waals surface area contributed by atoms with Crippen LogP contribution in [0, 0.1) is 12.8 Å². The first-order valence-corrected chi connectivity index (χ1v) is 7.35. The van der Waals surface area contributed by atoms with E-state index < -0.39 is 0 Å². The molecule has 0 saturated heterocycles. The zero-order valence-electron chi connectivity index (χ0n) is 12.8. The number of carbonyl (C=O) groups is 1. The maximum Gasteiger partial charge on any atom is 0.251 e. The van der Waals surface area contributed by atoms with E-state index in [2.05, 4.69) is 24.1 Å². The second kappa shape index (κ2) is 6.57. The van der Waals surface area contributed by atoms with Crippen LogP contribution in [0.1, 0.15) is 31.4 Å². The number of fused-ring (bicyclic) bond motifs is 1. The van der Waals surface area contributed by atoms with Gasteiger partial charge in [0.1, 0.15) is 0 Å². The highest BCUT2D eigenvalue weighted by atomic mass is 16.1. The Labute approximate surface area is 124 Å². The van der Waals surface area contributed by atoms with Crippen LogP contribution in [-0.4, -0.2) is 17.4 Å². The van der Waals surface area contributed by atoms with Crippen LogP contribution in [-0.2, 0) is 11.2 Å². The van der Waals surface area contributed by atoms with E-state index in [9.17, 15) is 9.59 Å². The summed E-state index contributed by atoms with van der Waals surface area (Å²) in [5.74, 6) is 0.552. The SMILES string of the molecule is Cc1cc2cc(CCC(=O)NCC(C)C)ccc2[nH]c1=O. The van der Waals surface area contributed by atoms with Crippen molar-refractivity contribution in [3.05, 3.63) is 45.7 Å². The molecule has 0 aliphatic rings. The molecule has 0 aliphatic carbocycles. The Morgan fingerprint density at radius 3 is 2.76 bits per heavy atom. The monoisotopic (exact) mass is 286 g/mol. The third kappa shape index (κ3) is 4.18. The van der Waals surface area contributed by atoms with Crippen molar-refractivity contribution in [3.63, 3.8) is 0 Å². The molecule has 0 spiro atoms. The number of amides is 1. The average Bonchev–Trinajstić information content (AvgIpc) is 2.44. The van der Waals surface area contributed by atoms with E-state index in [4.69, 9.17) is 0 Å². The Kier molecular flexibility index (Phi) is 4.78. The molecule has 0 aliphatic heterocycles. The van der Waals surface area contributed by atoms with Gasteiger partial charge in [-0.15, -0.1) is 0 Å². The van der Waals surface area contributed by atoms with Gasteiger partial charge in [0.25, 0.3) is 5.56 Å². The Balaban J connectivity index is 2.04. The summed E-state index contributed by atoms with van der Waals surface area (Å²) in [6.07, 6.45) is 1.19. The van der Waals surface area contributed by atoms with Crippen LogP contribution in [0.4, 0.5) is 0 Å². The molecule has 2 N–H and O–H groups in total. The number of aromatic amines is 1. The lowest BCUT2D eigenvalue weighted by Gasteiger charge is -2.08. The molecule has 1 amide bonds. The van der Waals surface area contributed by atoms with E-state index in [0.717, 1.165) is 23.0 Å². The van der Waals surface area contributed by atoms with Crippen molar-refractivity contribution in [1.82, 2.24) is 10.3 Å². The summed E-state index contributed by atoms with van der Waals surface area (Å²) in [4.78, 5) is 26.1. The van der Waals surface area contributed by atoms with Crippen LogP contribution < -0.4 is 10.9 Å². The summed E-state index contributed by atoms with van der Waals surface area (Å²) < 4.78 is 0. The van der Waals surface area contributed by atoms with Crippen molar-refractivity contribution in [3.8, 4) is 0 Å². The molecule has 112 valence electrons. The molecule has 4 heteroatoms. The van der Waals surface area contributed by atoms with E-state index in [1.54, 1.807) is 6.92 Å². The summed E-state index contributed by atoms with van der Waals surface area (Å²) in [5, 5.41) is 3.93. The maximum atomic E-state index is 11.7. The number of H-pyrrole nitrogens is 1.